The molecule has 2 amide bonds. The fourth-order valence-electron chi connectivity index (χ4n) is 3.69. The molecule has 2 aliphatic heterocycles. The van der Waals surface area contributed by atoms with Crippen molar-refractivity contribution in [2.75, 3.05) is 46.6 Å². The van der Waals surface area contributed by atoms with Gasteiger partial charge in [-0.2, -0.15) is 0 Å². The van der Waals surface area contributed by atoms with Gasteiger partial charge in [-0.15, -0.1) is 0 Å². The van der Waals surface area contributed by atoms with Gasteiger partial charge in [0.1, 0.15) is 0 Å². The van der Waals surface area contributed by atoms with Gasteiger partial charge in [-0.3, -0.25) is 14.0 Å². The second-order valence-electron chi connectivity index (χ2n) is 6.89. The normalized spacial score (nSPS) is 18.7. The minimum absolute atomic E-state index is 0.186. The van der Waals surface area contributed by atoms with Crippen LogP contribution in [0, 0.1) is 0 Å². The average Bonchev–Trinajstić information content (AvgIpc) is 3.33. The zero-order chi connectivity index (χ0) is 19.6. The van der Waals surface area contributed by atoms with Crippen molar-refractivity contribution in [1.29, 1.82) is 0 Å². The molecule has 9 nitrogen and oxygen atoms in total. The lowest BCUT2D eigenvalue weighted by atomic mass is 10.0. The van der Waals surface area contributed by atoms with Gasteiger partial charge in [-0.25, -0.2) is 4.98 Å². The summed E-state index contributed by atoms with van der Waals surface area (Å²) >= 11 is 0. The molecule has 0 unspecified atom stereocenters. The lowest BCUT2D eigenvalue weighted by molar-refractivity contribution is -0.181. The summed E-state index contributed by atoms with van der Waals surface area (Å²) in [7, 11) is 1.57. The number of nitrogens with zero attached hydrogens (tertiary/aromatic N) is 3. The molecule has 0 bridgehead atoms. The van der Waals surface area contributed by atoms with Gasteiger partial charge in [0.25, 0.3) is 11.8 Å². The molecule has 0 aromatic carbocycles. The molecule has 2 aromatic rings. The van der Waals surface area contributed by atoms with Crippen LogP contribution in [0.5, 0.6) is 0 Å². The lowest BCUT2D eigenvalue weighted by Gasteiger charge is -2.37. The highest BCUT2D eigenvalue weighted by Gasteiger charge is 2.41. The SMILES string of the molecule is COCCNC(=O)c1nc(C(=O)N2CCC3(CC2)OCCO3)c2ccccn12. The number of hydrogen-bond acceptors (Lipinski definition) is 6. The summed E-state index contributed by atoms with van der Waals surface area (Å²) in [6, 6.07) is 5.42. The van der Waals surface area contributed by atoms with Crippen LogP contribution in [-0.4, -0.2) is 78.5 Å². The number of hydrogen-bond donors (Lipinski definition) is 1. The Morgan fingerprint density at radius 2 is 2.00 bits per heavy atom. The first kappa shape index (κ1) is 18.9. The van der Waals surface area contributed by atoms with E-state index < -0.39 is 5.79 Å². The molecule has 0 aliphatic carbocycles. The maximum absolute atomic E-state index is 13.1. The van der Waals surface area contributed by atoms with Crippen molar-refractivity contribution in [1.82, 2.24) is 19.6 Å². The third kappa shape index (κ3) is 3.48. The highest BCUT2D eigenvalue weighted by molar-refractivity contribution is 6.02. The molecular weight excluding hydrogens is 364 g/mol. The number of likely N-dealkylation sites (tertiary alicyclic amines) is 1. The summed E-state index contributed by atoms with van der Waals surface area (Å²) in [6.07, 6.45) is 3.00. The molecule has 0 radical (unpaired) electrons. The van der Waals surface area contributed by atoms with Crippen LogP contribution in [0.25, 0.3) is 5.52 Å². The van der Waals surface area contributed by atoms with E-state index >= 15 is 0 Å². The summed E-state index contributed by atoms with van der Waals surface area (Å²) in [4.78, 5) is 31.8. The molecule has 1 N–H and O–H groups in total. The number of carbonyl (C=O) groups excluding carboxylic acids is 2. The molecule has 0 atom stereocenters. The maximum atomic E-state index is 13.1. The number of amides is 2. The van der Waals surface area contributed by atoms with E-state index in [2.05, 4.69) is 10.3 Å². The van der Waals surface area contributed by atoms with Gasteiger partial charge in [0.15, 0.2) is 11.5 Å². The number of methoxy groups -OCH3 is 1. The summed E-state index contributed by atoms with van der Waals surface area (Å²) in [6.45, 7) is 3.03. The topological polar surface area (TPSA) is 94.4 Å². The molecule has 2 aliphatic rings. The molecule has 28 heavy (non-hydrogen) atoms. The predicted octanol–water partition coefficient (Wildman–Crippen LogP) is 0.690. The van der Waals surface area contributed by atoms with E-state index in [-0.39, 0.29) is 23.3 Å². The fraction of sp³-hybridized carbons (Fsp3) is 0.526. The van der Waals surface area contributed by atoms with Gasteiger partial charge in [0.2, 0.25) is 5.82 Å². The van der Waals surface area contributed by atoms with E-state index in [4.69, 9.17) is 14.2 Å². The molecular formula is C19H24N4O5. The van der Waals surface area contributed by atoms with Crippen LogP contribution in [0.15, 0.2) is 24.4 Å². The van der Waals surface area contributed by atoms with Gasteiger partial charge in [-0.1, -0.05) is 6.07 Å². The number of aromatic nitrogens is 2. The van der Waals surface area contributed by atoms with E-state index in [1.807, 2.05) is 6.07 Å². The minimum atomic E-state index is -0.542. The van der Waals surface area contributed by atoms with Crippen LogP contribution in [0.2, 0.25) is 0 Å². The summed E-state index contributed by atoms with van der Waals surface area (Å²) in [5.41, 5.74) is 0.889. The van der Waals surface area contributed by atoms with Crippen LogP contribution >= 0.6 is 0 Å². The Kier molecular flexibility index (Phi) is 5.29. The van der Waals surface area contributed by atoms with Gasteiger partial charge in [-0.05, 0) is 12.1 Å². The second kappa shape index (κ2) is 7.86. The van der Waals surface area contributed by atoms with Crippen molar-refractivity contribution in [3.8, 4) is 0 Å². The number of pyridine rings is 1. The predicted molar refractivity (Wildman–Crippen MR) is 99.2 cm³/mol. The van der Waals surface area contributed by atoms with Crippen LogP contribution in [0.4, 0.5) is 0 Å². The van der Waals surface area contributed by atoms with Gasteiger partial charge in [0.05, 0.1) is 25.3 Å². The molecule has 4 rings (SSSR count). The Labute approximate surface area is 162 Å². The van der Waals surface area contributed by atoms with Crippen LogP contribution in [0.3, 0.4) is 0 Å². The van der Waals surface area contributed by atoms with Gasteiger partial charge in [0, 0.05) is 45.8 Å². The van der Waals surface area contributed by atoms with Crippen LogP contribution < -0.4 is 5.32 Å². The van der Waals surface area contributed by atoms with E-state index in [9.17, 15) is 9.59 Å². The quantitative estimate of drug-likeness (QED) is 0.758. The average molecular weight is 388 g/mol. The first-order chi connectivity index (χ1) is 13.6. The Morgan fingerprint density at radius 1 is 1.25 bits per heavy atom. The van der Waals surface area contributed by atoms with E-state index in [0.717, 1.165) is 0 Å². The molecule has 0 saturated carbocycles. The van der Waals surface area contributed by atoms with Crippen LogP contribution in [0.1, 0.15) is 33.9 Å². The van der Waals surface area contributed by atoms with Gasteiger partial charge < -0.3 is 24.4 Å². The summed E-state index contributed by atoms with van der Waals surface area (Å²) < 4.78 is 18.0. The molecule has 9 heteroatoms. The first-order valence-corrected chi connectivity index (χ1v) is 9.45. The largest absolute Gasteiger partial charge is 0.383 e. The highest BCUT2D eigenvalue weighted by atomic mass is 16.7. The number of ether oxygens (including phenoxy) is 3. The number of piperidine rings is 1. The first-order valence-electron chi connectivity index (χ1n) is 9.45. The van der Waals surface area contributed by atoms with Gasteiger partial charge >= 0.3 is 0 Å². The Balaban J connectivity index is 1.55. The third-order valence-electron chi connectivity index (χ3n) is 5.17. The minimum Gasteiger partial charge on any atom is -0.383 e. The molecule has 2 aromatic heterocycles. The van der Waals surface area contributed by atoms with Crippen molar-refractivity contribution >= 4 is 17.3 Å². The van der Waals surface area contributed by atoms with Crippen molar-refractivity contribution < 1.29 is 23.8 Å². The molecule has 150 valence electrons. The number of imidazole rings is 1. The Hall–Kier alpha value is -2.49. The van der Waals surface area contributed by atoms with Crippen molar-refractivity contribution in [3.05, 3.63) is 35.9 Å². The maximum Gasteiger partial charge on any atom is 0.287 e. The van der Waals surface area contributed by atoms with E-state index in [1.54, 1.807) is 34.7 Å². The van der Waals surface area contributed by atoms with Crippen molar-refractivity contribution in [2.24, 2.45) is 0 Å². The second-order valence-corrected chi connectivity index (χ2v) is 6.89. The fourth-order valence-corrected chi connectivity index (χ4v) is 3.69. The third-order valence-corrected chi connectivity index (χ3v) is 5.17. The van der Waals surface area contributed by atoms with E-state index in [0.29, 0.717) is 57.8 Å². The smallest absolute Gasteiger partial charge is 0.287 e. The molecule has 4 heterocycles. The number of rotatable bonds is 5. The summed E-state index contributed by atoms with van der Waals surface area (Å²) in [5, 5.41) is 2.75. The van der Waals surface area contributed by atoms with E-state index in [1.165, 1.54) is 0 Å². The Morgan fingerprint density at radius 3 is 2.71 bits per heavy atom. The van der Waals surface area contributed by atoms with Crippen molar-refractivity contribution in [2.45, 2.75) is 18.6 Å². The molecule has 1 spiro atoms. The van der Waals surface area contributed by atoms with Crippen molar-refractivity contribution in [3.63, 3.8) is 0 Å². The monoisotopic (exact) mass is 388 g/mol. The zero-order valence-corrected chi connectivity index (χ0v) is 15.8. The summed E-state index contributed by atoms with van der Waals surface area (Å²) in [5.74, 6) is -0.888. The number of fused-ring (bicyclic) bond motifs is 1. The lowest BCUT2D eigenvalue weighted by Crippen LogP contribution is -2.47. The number of carbonyl (C=O) groups is 2. The Bertz CT molecular complexity index is 864. The molecule has 2 saturated heterocycles. The number of nitrogens with one attached hydrogen (secondary N) is 1. The van der Waals surface area contributed by atoms with Crippen LogP contribution in [-0.2, 0) is 14.2 Å². The molecule has 2 fully saturated rings. The standard InChI is InChI=1S/C19H24N4O5/c1-26-11-7-20-17(24)16-21-15(14-4-2-3-8-23(14)16)18(25)22-9-5-19(6-10-22)27-12-13-28-19/h2-4,8H,5-7,9-13H2,1H3,(H,20,24). The zero-order valence-electron chi connectivity index (χ0n) is 15.8. The highest BCUT2D eigenvalue weighted by Crippen LogP contribution is 2.32.